The number of ketones is 1. The van der Waals surface area contributed by atoms with Gasteiger partial charge in [0.2, 0.25) is 0 Å². The minimum absolute atomic E-state index is 0.141. The van der Waals surface area contributed by atoms with Crippen molar-refractivity contribution in [3.05, 3.63) is 39.8 Å². The van der Waals surface area contributed by atoms with Crippen LogP contribution < -0.4 is 4.90 Å². The lowest BCUT2D eigenvalue weighted by molar-refractivity contribution is -0.114. The molecule has 1 aliphatic rings. The van der Waals surface area contributed by atoms with E-state index >= 15 is 0 Å². The third-order valence-electron chi connectivity index (χ3n) is 2.27. The highest BCUT2D eigenvalue weighted by molar-refractivity contribution is 9.10. The van der Waals surface area contributed by atoms with Crippen LogP contribution in [0.15, 0.2) is 34.3 Å². The van der Waals surface area contributed by atoms with Crippen LogP contribution in [0, 0.1) is 0 Å². The summed E-state index contributed by atoms with van der Waals surface area (Å²) >= 11 is 8.99. The van der Waals surface area contributed by atoms with E-state index in [1.54, 1.807) is 18.2 Å². The van der Waals surface area contributed by atoms with E-state index in [2.05, 4.69) is 22.5 Å². The van der Waals surface area contributed by atoms with Crippen molar-refractivity contribution in [1.82, 2.24) is 0 Å². The van der Waals surface area contributed by atoms with Crippen LogP contribution in [0.3, 0.4) is 0 Å². The minimum Gasteiger partial charge on any atom is -0.298 e. The van der Waals surface area contributed by atoms with Gasteiger partial charge >= 0.3 is 0 Å². The number of Topliss-reactive ketones (excluding diaryl/α,β-unsaturated/α-hetero) is 1. The van der Waals surface area contributed by atoms with Gasteiger partial charge in [0.25, 0.3) is 11.7 Å². The number of halogens is 2. The number of hydrogen-bond donors (Lipinski definition) is 0. The number of benzene rings is 1. The van der Waals surface area contributed by atoms with Gasteiger partial charge in [-0.2, -0.15) is 0 Å². The van der Waals surface area contributed by atoms with Crippen LogP contribution in [0.1, 0.15) is 10.4 Å². The molecule has 3 nitrogen and oxygen atoms in total. The summed E-state index contributed by atoms with van der Waals surface area (Å²) in [5.74, 6) is -1.07. The van der Waals surface area contributed by atoms with Crippen molar-refractivity contribution < 1.29 is 9.59 Å². The maximum atomic E-state index is 11.7. The first-order chi connectivity index (χ1) is 7.52. The second kappa shape index (κ2) is 4.03. The molecule has 0 radical (unpaired) electrons. The Balaban J connectivity index is 2.56. The normalized spacial score (nSPS) is 14.2. The topological polar surface area (TPSA) is 37.4 Å². The highest BCUT2D eigenvalue weighted by Gasteiger charge is 2.37. The van der Waals surface area contributed by atoms with E-state index in [1.165, 1.54) is 4.90 Å². The second-order valence-electron chi connectivity index (χ2n) is 3.37. The number of nitrogens with zero attached hydrogens (tertiary/aromatic N) is 1. The van der Waals surface area contributed by atoms with Gasteiger partial charge < -0.3 is 0 Å². The molecule has 1 heterocycles. The van der Waals surface area contributed by atoms with Gasteiger partial charge in [0.1, 0.15) is 0 Å². The molecule has 16 heavy (non-hydrogen) atoms. The van der Waals surface area contributed by atoms with Gasteiger partial charge in [0.15, 0.2) is 0 Å². The summed E-state index contributed by atoms with van der Waals surface area (Å²) in [6, 6.07) is 5.11. The third kappa shape index (κ3) is 1.68. The molecule has 0 N–H and O–H groups in total. The lowest BCUT2D eigenvalue weighted by atomic mass is 10.1. The number of amides is 1. The molecule has 1 aliphatic heterocycles. The molecule has 1 amide bonds. The van der Waals surface area contributed by atoms with E-state index in [4.69, 9.17) is 11.6 Å². The first-order valence-corrected chi connectivity index (χ1v) is 5.67. The Morgan fingerprint density at radius 3 is 2.75 bits per heavy atom. The Labute approximate surface area is 106 Å². The number of para-hydroxylation sites is 1. The number of anilines is 1. The molecule has 2 rings (SSSR count). The smallest absolute Gasteiger partial charge is 0.298 e. The van der Waals surface area contributed by atoms with E-state index in [-0.39, 0.29) is 6.54 Å². The molecular weight excluding hydrogens is 293 g/mol. The molecule has 0 atom stereocenters. The first kappa shape index (κ1) is 11.4. The SMILES string of the molecule is C=C(Cl)CN1C(=O)C(=O)c2cccc(Br)c21. The molecule has 0 bridgehead atoms. The predicted molar refractivity (Wildman–Crippen MR) is 65.8 cm³/mol. The minimum atomic E-state index is -0.566. The molecule has 0 spiro atoms. The summed E-state index contributed by atoms with van der Waals surface area (Å²) in [7, 11) is 0. The van der Waals surface area contributed by atoms with Crippen molar-refractivity contribution in [1.29, 1.82) is 0 Å². The molecule has 1 aromatic rings. The van der Waals surface area contributed by atoms with E-state index in [0.29, 0.717) is 20.8 Å². The van der Waals surface area contributed by atoms with Crippen LogP contribution in [0.4, 0.5) is 5.69 Å². The van der Waals surface area contributed by atoms with Crippen molar-refractivity contribution >= 4 is 44.9 Å². The van der Waals surface area contributed by atoms with Gasteiger partial charge in [0.05, 0.1) is 17.8 Å². The van der Waals surface area contributed by atoms with E-state index in [1.807, 2.05) is 0 Å². The second-order valence-corrected chi connectivity index (χ2v) is 4.76. The van der Waals surface area contributed by atoms with E-state index < -0.39 is 11.7 Å². The van der Waals surface area contributed by atoms with Crippen molar-refractivity contribution in [2.45, 2.75) is 0 Å². The van der Waals surface area contributed by atoms with E-state index in [0.717, 1.165) is 0 Å². The molecule has 82 valence electrons. The molecule has 0 fully saturated rings. The van der Waals surface area contributed by atoms with Crippen LogP contribution in [0.2, 0.25) is 0 Å². The van der Waals surface area contributed by atoms with Gasteiger partial charge in [0, 0.05) is 9.51 Å². The summed E-state index contributed by atoms with van der Waals surface area (Å²) in [4.78, 5) is 24.7. The fourth-order valence-electron chi connectivity index (χ4n) is 1.63. The molecule has 0 unspecified atom stereocenters. The van der Waals surface area contributed by atoms with Crippen molar-refractivity contribution in [3.8, 4) is 0 Å². The Hall–Kier alpha value is -1.13. The first-order valence-electron chi connectivity index (χ1n) is 4.50. The maximum absolute atomic E-state index is 11.7. The average Bonchev–Trinajstić information content (AvgIpc) is 2.45. The number of rotatable bonds is 2. The standard InChI is InChI=1S/C11H7BrClNO2/c1-6(13)5-14-9-7(10(15)11(14)16)3-2-4-8(9)12/h2-4H,1,5H2. The number of carbonyl (C=O) groups excluding carboxylic acids is 2. The number of fused-ring (bicyclic) bond motifs is 1. The highest BCUT2D eigenvalue weighted by atomic mass is 79.9. The Morgan fingerprint density at radius 1 is 1.44 bits per heavy atom. The summed E-state index contributed by atoms with van der Waals surface area (Å²) < 4.78 is 0.696. The van der Waals surface area contributed by atoms with Crippen LogP contribution in [0.25, 0.3) is 0 Å². The van der Waals surface area contributed by atoms with Crippen molar-refractivity contribution in [2.24, 2.45) is 0 Å². The predicted octanol–water partition coefficient (Wildman–Crippen LogP) is 2.73. The van der Waals surface area contributed by atoms with Crippen LogP contribution in [-0.2, 0) is 4.79 Å². The zero-order valence-electron chi connectivity index (χ0n) is 8.17. The van der Waals surface area contributed by atoms with E-state index in [9.17, 15) is 9.59 Å². The quantitative estimate of drug-likeness (QED) is 0.788. The number of carbonyl (C=O) groups is 2. The average molecular weight is 301 g/mol. The Bertz CT molecular complexity index is 513. The Kier molecular flexibility index (Phi) is 2.86. The fourth-order valence-corrected chi connectivity index (χ4v) is 2.33. The van der Waals surface area contributed by atoms with Crippen molar-refractivity contribution in [2.75, 3.05) is 11.4 Å². The molecule has 1 aromatic carbocycles. The lowest BCUT2D eigenvalue weighted by Crippen LogP contribution is -2.30. The van der Waals surface area contributed by atoms with Gasteiger partial charge in [-0.1, -0.05) is 24.2 Å². The third-order valence-corrected chi connectivity index (χ3v) is 3.03. The van der Waals surface area contributed by atoms with Crippen LogP contribution in [-0.4, -0.2) is 18.2 Å². The summed E-state index contributed by atoms with van der Waals surface area (Å²) in [5.41, 5.74) is 0.969. The molecule has 0 saturated heterocycles. The molecular formula is C11H7BrClNO2. The molecule has 0 aliphatic carbocycles. The lowest BCUT2D eigenvalue weighted by Gasteiger charge is -2.16. The van der Waals surface area contributed by atoms with Gasteiger partial charge in [-0.25, -0.2) is 0 Å². The number of hydrogen-bond acceptors (Lipinski definition) is 2. The molecule has 5 heteroatoms. The fraction of sp³-hybridized carbons (Fsp3) is 0.0909. The van der Waals surface area contributed by atoms with Gasteiger partial charge in [-0.15, -0.1) is 0 Å². The zero-order valence-corrected chi connectivity index (χ0v) is 10.5. The molecule has 0 aromatic heterocycles. The summed E-state index contributed by atoms with van der Waals surface area (Å²) in [5, 5.41) is 0.310. The largest absolute Gasteiger partial charge is 0.299 e. The van der Waals surface area contributed by atoms with Crippen LogP contribution in [0.5, 0.6) is 0 Å². The highest BCUT2D eigenvalue weighted by Crippen LogP contribution is 2.36. The monoisotopic (exact) mass is 299 g/mol. The van der Waals surface area contributed by atoms with Gasteiger partial charge in [-0.05, 0) is 28.1 Å². The van der Waals surface area contributed by atoms with Crippen LogP contribution >= 0.6 is 27.5 Å². The van der Waals surface area contributed by atoms with Crippen molar-refractivity contribution in [3.63, 3.8) is 0 Å². The molecule has 0 saturated carbocycles. The summed E-state index contributed by atoms with van der Waals surface area (Å²) in [6.07, 6.45) is 0. The Morgan fingerprint density at radius 2 is 2.12 bits per heavy atom. The maximum Gasteiger partial charge on any atom is 0.299 e. The van der Waals surface area contributed by atoms with Gasteiger partial charge in [-0.3, -0.25) is 14.5 Å². The zero-order chi connectivity index (χ0) is 11.9. The summed E-state index contributed by atoms with van der Waals surface area (Å²) in [6.45, 7) is 3.67.